The van der Waals surface area contributed by atoms with Crippen LogP contribution in [0.25, 0.3) is 0 Å². The van der Waals surface area contributed by atoms with E-state index in [2.05, 4.69) is 10.6 Å². The fourth-order valence-corrected chi connectivity index (χ4v) is 2.16. The van der Waals surface area contributed by atoms with Gasteiger partial charge in [-0.2, -0.15) is 0 Å². The van der Waals surface area contributed by atoms with Crippen LogP contribution in [0, 0.1) is 6.92 Å². The van der Waals surface area contributed by atoms with Gasteiger partial charge in [0.15, 0.2) is 0 Å². The predicted octanol–water partition coefficient (Wildman–Crippen LogP) is 4.35. The molecule has 3 nitrogen and oxygen atoms in total. The number of hydrogen-bond acceptors (Lipinski definition) is 2. The normalized spacial score (nSPS) is 10.2. The van der Waals surface area contributed by atoms with Gasteiger partial charge in [0.25, 0.3) is 0 Å². The summed E-state index contributed by atoms with van der Waals surface area (Å²) >= 11 is 11.7. The Balaban J connectivity index is 1.92. The maximum atomic E-state index is 11.9. The lowest BCUT2D eigenvalue weighted by Gasteiger charge is -2.10. The third-order valence-corrected chi connectivity index (χ3v) is 3.21. The van der Waals surface area contributed by atoms with Crippen LogP contribution < -0.4 is 10.6 Å². The number of amides is 1. The third-order valence-electron chi connectivity index (χ3n) is 2.74. The molecule has 0 unspecified atom stereocenters. The number of halogens is 2. The highest BCUT2D eigenvalue weighted by Crippen LogP contribution is 2.19. The molecule has 1 amide bonds. The van der Waals surface area contributed by atoms with E-state index in [9.17, 15) is 4.79 Å². The minimum atomic E-state index is -0.129. The van der Waals surface area contributed by atoms with Gasteiger partial charge in [-0.15, -0.1) is 0 Å². The molecule has 2 aromatic carbocycles. The molecule has 5 heteroatoms. The molecule has 0 spiro atoms. The lowest BCUT2D eigenvalue weighted by molar-refractivity contribution is -0.114. The first-order valence-corrected chi connectivity index (χ1v) is 6.85. The summed E-state index contributed by atoms with van der Waals surface area (Å²) in [6.07, 6.45) is 0. The van der Waals surface area contributed by atoms with E-state index >= 15 is 0 Å². The maximum absolute atomic E-state index is 11.9. The summed E-state index contributed by atoms with van der Waals surface area (Å²) in [7, 11) is 0. The Hall–Kier alpha value is -1.71. The van der Waals surface area contributed by atoms with Crippen molar-refractivity contribution in [3.63, 3.8) is 0 Å². The van der Waals surface area contributed by atoms with Gasteiger partial charge in [-0.05, 0) is 48.9 Å². The minimum Gasteiger partial charge on any atom is -0.376 e. The first-order chi connectivity index (χ1) is 9.54. The molecular formula is C15H14Cl2N2O. The number of carbonyl (C=O) groups is 1. The molecule has 2 N–H and O–H groups in total. The fourth-order valence-electron chi connectivity index (χ4n) is 1.74. The van der Waals surface area contributed by atoms with Crippen LogP contribution in [-0.4, -0.2) is 12.5 Å². The van der Waals surface area contributed by atoms with Crippen LogP contribution >= 0.6 is 23.2 Å². The molecule has 0 aliphatic rings. The van der Waals surface area contributed by atoms with Gasteiger partial charge in [-0.25, -0.2) is 0 Å². The first-order valence-electron chi connectivity index (χ1n) is 6.10. The Kier molecular flexibility index (Phi) is 4.88. The number of nitrogens with one attached hydrogen (secondary N) is 2. The summed E-state index contributed by atoms with van der Waals surface area (Å²) in [5.74, 6) is -0.129. The Morgan fingerprint density at radius 2 is 1.85 bits per heavy atom. The molecular weight excluding hydrogens is 295 g/mol. The second-order valence-corrected chi connectivity index (χ2v) is 5.24. The molecule has 0 aliphatic heterocycles. The van der Waals surface area contributed by atoms with Crippen molar-refractivity contribution in [3.05, 3.63) is 58.1 Å². The zero-order valence-corrected chi connectivity index (χ0v) is 12.4. The molecule has 2 aromatic rings. The predicted molar refractivity (Wildman–Crippen MR) is 84.8 cm³/mol. The molecule has 0 saturated heterocycles. The lowest BCUT2D eigenvalue weighted by atomic mass is 10.2. The summed E-state index contributed by atoms with van der Waals surface area (Å²) in [6, 6.07) is 12.6. The van der Waals surface area contributed by atoms with E-state index in [0.29, 0.717) is 10.0 Å². The average molecular weight is 309 g/mol. The minimum absolute atomic E-state index is 0.129. The smallest absolute Gasteiger partial charge is 0.243 e. The summed E-state index contributed by atoms with van der Waals surface area (Å²) < 4.78 is 0. The van der Waals surface area contributed by atoms with Gasteiger partial charge >= 0.3 is 0 Å². The van der Waals surface area contributed by atoms with E-state index in [1.165, 1.54) is 0 Å². The highest BCUT2D eigenvalue weighted by Gasteiger charge is 2.05. The van der Waals surface area contributed by atoms with E-state index in [4.69, 9.17) is 23.2 Å². The van der Waals surface area contributed by atoms with E-state index in [-0.39, 0.29) is 12.5 Å². The number of carbonyl (C=O) groups excluding carboxylic acids is 1. The molecule has 0 atom stereocenters. The van der Waals surface area contributed by atoms with Crippen LogP contribution in [0.2, 0.25) is 10.0 Å². The van der Waals surface area contributed by atoms with Gasteiger partial charge < -0.3 is 10.6 Å². The third kappa shape index (κ3) is 4.15. The molecule has 0 radical (unpaired) electrons. The Morgan fingerprint density at radius 3 is 2.55 bits per heavy atom. The van der Waals surface area contributed by atoms with Crippen molar-refractivity contribution in [2.75, 3.05) is 17.2 Å². The van der Waals surface area contributed by atoms with Gasteiger partial charge in [-0.1, -0.05) is 29.3 Å². The summed E-state index contributed by atoms with van der Waals surface area (Å²) in [5, 5.41) is 7.12. The van der Waals surface area contributed by atoms with E-state index in [1.54, 1.807) is 24.3 Å². The van der Waals surface area contributed by atoms with Crippen molar-refractivity contribution in [1.29, 1.82) is 0 Å². The number of anilines is 2. The van der Waals surface area contributed by atoms with Crippen LogP contribution in [0.1, 0.15) is 5.56 Å². The van der Waals surface area contributed by atoms with Crippen LogP contribution in [0.3, 0.4) is 0 Å². The zero-order chi connectivity index (χ0) is 14.5. The van der Waals surface area contributed by atoms with Crippen LogP contribution in [0.4, 0.5) is 11.4 Å². The number of benzene rings is 2. The first kappa shape index (κ1) is 14.7. The highest BCUT2D eigenvalue weighted by molar-refractivity contribution is 6.31. The number of rotatable bonds is 4. The monoisotopic (exact) mass is 308 g/mol. The molecule has 104 valence electrons. The average Bonchev–Trinajstić information content (AvgIpc) is 2.40. The highest BCUT2D eigenvalue weighted by atomic mass is 35.5. The Bertz CT molecular complexity index is 629. The van der Waals surface area contributed by atoms with Crippen LogP contribution in [0.5, 0.6) is 0 Å². The molecule has 2 rings (SSSR count). The lowest BCUT2D eigenvalue weighted by Crippen LogP contribution is -2.22. The number of hydrogen-bond donors (Lipinski definition) is 2. The quantitative estimate of drug-likeness (QED) is 0.881. The van der Waals surface area contributed by atoms with Crippen molar-refractivity contribution in [2.24, 2.45) is 0 Å². The van der Waals surface area contributed by atoms with Crippen molar-refractivity contribution in [2.45, 2.75) is 6.92 Å². The van der Waals surface area contributed by atoms with Crippen molar-refractivity contribution >= 4 is 40.5 Å². The van der Waals surface area contributed by atoms with Gasteiger partial charge in [0, 0.05) is 21.4 Å². The molecule has 0 bridgehead atoms. The summed E-state index contributed by atoms with van der Waals surface area (Å²) in [6.45, 7) is 2.06. The molecule has 0 saturated carbocycles. The maximum Gasteiger partial charge on any atom is 0.243 e. The topological polar surface area (TPSA) is 41.1 Å². The van der Waals surface area contributed by atoms with Gasteiger partial charge in [-0.3, -0.25) is 4.79 Å². The molecule has 0 aliphatic carbocycles. The van der Waals surface area contributed by atoms with Crippen LogP contribution in [-0.2, 0) is 4.79 Å². The Labute approximate surface area is 127 Å². The van der Waals surface area contributed by atoms with E-state index in [1.807, 2.05) is 25.1 Å². The van der Waals surface area contributed by atoms with E-state index in [0.717, 1.165) is 16.9 Å². The molecule has 0 aromatic heterocycles. The van der Waals surface area contributed by atoms with Crippen molar-refractivity contribution in [3.8, 4) is 0 Å². The zero-order valence-electron chi connectivity index (χ0n) is 10.9. The van der Waals surface area contributed by atoms with Gasteiger partial charge in [0.1, 0.15) is 0 Å². The van der Waals surface area contributed by atoms with Crippen molar-refractivity contribution in [1.82, 2.24) is 0 Å². The van der Waals surface area contributed by atoms with E-state index < -0.39 is 0 Å². The SMILES string of the molecule is Cc1cc(Cl)ccc1NC(=O)CNc1cccc(Cl)c1. The second kappa shape index (κ2) is 6.64. The largest absolute Gasteiger partial charge is 0.376 e. The number of aryl methyl sites for hydroxylation is 1. The van der Waals surface area contributed by atoms with Crippen LogP contribution in [0.15, 0.2) is 42.5 Å². The summed E-state index contributed by atoms with van der Waals surface area (Å²) in [5.41, 5.74) is 2.49. The van der Waals surface area contributed by atoms with Crippen molar-refractivity contribution < 1.29 is 4.79 Å². The molecule has 20 heavy (non-hydrogen) atoms. The Morgan fingerprint density at radius 1 is 1.10 bits per heavy atom. The summed E-state index contributed by atoms with van der Waals surface area (Å²) in [4.78, 5) is 11.9. The van der Waals surface area contributed by atoms with Gasteiger partial charge in [0.2, 0.25) is 5.91 Å². The molecule has 0 heterocycles. The standard InChI is InChI=1S/C15H14Cl2N2O/c1-10-7-12(17)5-6-14(10)19-15(20)9-18-13-4-2-3-11(16)8-13/h2-8,18H,9H2,1H3,(H,19,20). The fraction of sp³-hybridized carbons (Fsp3) is 0.133. The van der Waals surface area contributed by atoms with Gasteiger partial charge in [0.05, 0.1) is 6.54 Å². The molecule has 0 fully saturated rings. The second-order valence-electron chi connectivity index (χ2n) is 4.37.